The summed E-state index contributed by atoms with van der Waals surface area (Å²) in [6.45, 7) is 17.8. The number of β-amino-alcohol motifs (C(OH)–C–C–N with tert-alkyl or cyclic N) is 1. The highest BCUT2D eigenvalue weighted by atomic mass is 16.3. The minimum Gasteiger partial charge on any atom is -0.390 e. The number of carbonyl (C=O) groups is 2. The zero-order valence-electron chi connectivity index (χ0n) is 18.0. The van der Waals surface area contributed by atoms with Gasteiger partial charge in [-0.25, -0.2) is 0 Å². The third-order valence-corrected chi connectivity index (χ3v) is 6.23. The lowest BCUT2D eigenvalue weighted by atomic mass is 9.78. The first-order valence-electron chi connectivity index (χ1n) is 9.84. The van der Waals surface area contributed by atoms with Crippen LogP contribution < -0.4 is 0 Å². The molecule has 2 fully saturated rings. The van der Waals surface area contributed by atoms with Gasteiger partial charge in [0.15, 0.2) is 0 Å². The van der Waals surface area contributed by atoms with Crippen LogP contribution in [0.2, 0.25) is 0 Å². The van der Waals surface area contributed by atoms with Crippen molar-refractivity contribution in [2.24, 2.45) is 0 Å². The number of carbonyl (C=O) groups excluding carboxylic acids is 2. The van der Waals surface area contributed by atoms with Crippen LogP contribution in [-0.4, -0.2) is 67.8 Å². The summed E-state index contributed by atoms with van der Waals surface area (Å²) in [5.74, 6) is 0.588. The molecule has 2 aliphatic rings. The van der Waals surface area contributed by atoms with Crippen molar-refractivity contribution in [1.82, 2.24) is 9.80 Å². The average molecular weight is 367 g/mol. The van der Waals surface area contributed by atoms with Gasteiger partial charge < -0.3 is 5.11 Å². The normalized spacial score (nSPS) is 28.5. The number of ketones is 2. The maximum absolute atomic E-state index is 12.1. The van der Waals surface area contributed by atoms with Gasteiger partial charge >= 0.3 is 0 Å². The quantitative estimate of drug-likeness (QED) is 0.829. The summed E-state index contributed by atoms with van der Waals surface area (Å²) in [5.41, 5.74) is -1.04. The SMILES string of the molecule is CC1(C)CC(=O)CC(C)(C)N1CC(O)CN1C(C)(C)CC(=O)CC1(C)C. The maximum Gasteiger partial charge on any atom is 0.136 e. The summed E-state index contributed by atoms with van der Waals surface area (Å²) in [6, 6.07) is 0. The van der Waals surface area contributed by atoms with E-state index in [1.165, 1.54) is 0 Å². The van der Waals surface area contributed by atoms with Crippen LogP contribution in [0.3, 0.4) is 0 Å². The molecular weight excluding hydrogens is 328 g/mol. The zero-order valence-corrected chi connectivity index (χ0v) is 18.0. The van der Waals surface area contributed by atoms with E-state index in [0.717, 1.165) is 0 Å². The van der Waals surface area contributed by atoms with Gasteiger partial charge in [0.25, 0.3) is 0 Å². The molecule has 0 aromatic heterocycles. The summed E-state index contributed by atoms with van der Waals surface area (Å²) >= 11 is 0. The fourth-order valence-corrected chi connectivity index (χ4v) is 5.54. The van der Waals surface area contributed by atoms with Gasteiger partial charge in [0.1, 0.15) is 11.6 Å². The average Bonchev–Trinajstić information content (AvgIpc) is 2.35. The predicted octanol–water partition coefficient (Wildman–Crippen LogP) is 2.79. The van der Waals surface area contributed by atoms with E-state index in [1.54, 1.807) is 0 Å². The van der Waals surface area contributed by atoms with Crippen LogP contribution in [0.5, 0.6) is 0 Å². The van der Waals surface area contributed by atoms with Gasteiger partial charge in [0.2, 0.25) is 0 Å². The summed E-state index contributed by atoms with van der Waals surface area (Å²) in [7, 11) is 0. The van der Waals surface area contributed by atoms with Gasteiger partial charge in [-0.1, -0.05) is 0 Å². The van der Waals surface area contributed by atoms with Crippen molar-refractivity contribution in [3.8, 4) is 0 Å². The number of piperidine rings is 2. The van der Waals surface area contributed by atoms with Crippen LogP contribution in [0.1, 0.15) is 81.1 Å². The number of Topliss-reactive ketones (excluding diaryl/α,β-unsaturated/α-hetero) is 2. The topological polar surface area (TPSA) is 60.9 Å². The molecule has 150 valence electrons. The van der Waals surface area contributed by atoms with Gasteiger partial charge in [0, 0.05) is 60.9 Å². The van der Waals surface area contributed by atoms with E-state index in [-0.39, 0.29) is 22.2 Å². The van der Waals surface area contributed by atoms with Crippen LogP contribution in [0, 0.1) is 0 Å². The highest BCUT2D eigenvalue weighted by Gasteiger charge is 2.48. The fraction of sp³-hybridized carbons (Fsp3) is 0.905. The molecule has 0 bridgehead atoms. The van der Waals surface area contributed by atoms with Gasteiger partial charge in [-0.05, 0) is 55.4 Å². The minimum atomic E-state index is -0.534. The van der Waals surface area contributed by atoms with Gasteiger partial charge in [-0.15, -0.1) is 0 Å². The molecule has 0 aliphatic carbocycles. The van der Waals surface area contributed by atoms with Crippen molar-refractivity contribution in [3.05, 3.63) is 0 Å². The van der Waals surface area contributed by atoms with Crippen molar-refractivity contribution >= 4 is 11.6 Å². The monoisotopic (exact) mass is 366 g/mol. The molecule has 0 atom stereocenters. The van der Waals surface area contributed by atoms with E-state index in [4.69, 9.17) is 0 Å². The largest absolute Gasteiger partial charge is 0.390 e. The molecule has 5 nitrogen and oxygen atoms in total. The summed E-state index contributed by atoms with van der Waals surface area (Å²) < 4.78 is 0. The van der Waals surface area contributed by atoms with E-state index in [0.29, 0.717) is 50.3 Å². The second-order valence-corrected chi connectivity index (χ2v) is 10.9. The van der Waals surface area contributed by atoms with E-state index in [1.807, 2.05) is 0 Å². The van der Waals surface area contributed by atoms with E-state index in [9.17, 15) is 14.7 Å². The Labute approximate surface area is 159 Å². The fourth-order valence-electron chi connectivity index (χ4n) is 5.54. The summed E-state index contributed by atoms with van der Waals surface area (Å²) in [6.07, 6.45) is 1.57. The molecule has 5 heteroatoms. The molecule has 0 aromatic rings. The molecule has 0 saturated carbocycles. The molecule has 0 spiro atoms. The van der Waals surface area contributed by atoms with Gasteiger partial charge in [-0.2, -0.15) is 0 Å². The van der Waals surface area contributed by atoms with Gasteiger partial charge in [-0.3, -0.25) is 19.4 Å². The Hall–Kier alpha value is -0.780. The molecule has 2 aliphatic heterocycles. The van der Waals surface area contributed by atoms with E-state index < -0.39 is 6.10 Å². The summed E-state index contributed by atoms with van der Waals surface area (Å²) in [5, 5.41) is 11.0. The van der Waals surface area contributed by atoms with Crippen LogP contribution in [-0.2, 0) is 9.59 Å². The molecule has 0 amide bonds. The molecular formula is C21H38N2O3. The highest BCUT2D eigenvalue weighted by Crippen LogP contribution is 2.39. The lowest BCUT2D eigenvalue weighted by Crippen LogP contribution is -2.66. The Morgan fingerprint density at radius 1 is 0.692 bits per heavy atom. The standard InChI is InChI=1S/C21H38N2O3/c1-18(2)9-15(24)10-19(3,4)22(18)13-17(26)14-23-20(5,6)11-16(25)12-21(23,7)8/h17,26H,9-14H2,1-8H3. The Bertz CT molecular complexity index is 488. The number of aliphatic hydroxyl groups is 1. The predicted molar refractivity (Wildman–Crippen MR) is 104 cm³/mol. The molecule has 2 saturated heterocycles. The van der Waals surface area contributed by atoms with Crippen LogP contribution in [0.15, 0.2) is 0 Å². The second-order valence-electron chi connectivity index (χ2n) is 10.9. The molecule has 0 aromatic carbocycles. The Balaban J connectivity index is 2.15. The smallest absolute Gasteiger partial charge is 0.136 e. The molecule has 0 radical (unpaired) electrons. The molecule has 1 N–H and O–H groups in total. The first-order chi connectivity index (χ1) is 11.6. The summed E-state index contributed by atoms with van der Waals surface area (Å²) in [4.78, 5) is 28.8. The number of nitrogens with zero attached hydrogens (tertiary/aromatic N) is 2. The minimum absolute atomic E-state index is 0.261. The van der Waals surface area contributed by atoms with E-state index in [2.05, 4.69) is 65.2 Å². The first kappa shape index (κ1) is 21.5. The van der Waals surface area contributed by atoms with Crippen LogP contribution >= 0.6 is 0 Å². The van der Waals surface area contributed by atoms with Crippen molar-refractivity contribution in [3.63, 3.8) is 0 Å². The zero-order chi connectivity index (χ0) is 20.1. The second kappa shape index (κ2) is 6.68. The van der Waals surface area contributed by atoms with Crippen LogP contribution in [0.25, 0.3) is 0 Å². The Morgan fingerprint density at radius 2 is 0.923 bits per heavy atom. The number of hydrogen-bond donors (Lipinski definition) is 1. The number of likely N-dealkylation sites (tertiary alicyclic amines) is 2. The number of rotatable bonds is 4. The Morgan fingerprint density at radius 3 is 1.15 bits per heavy atom. The highest BCUT2D eigenvalue weighted by molar-refractivity contribution is 5.82. The number of aliphatic hydroxyl groups excluding tert-OH is 1. The van der Waals surface area contributed by atoms with Crippen LogP contribution in [0.4, 0.5) is 0 Å². The lowest BCUT2D eigenvalue weighted by molar-refractivity contribution is -0.139. The molecule has 2 heterocycles. The van der Waals surface area contributed by atoms with Crippen molar-refractivity contribution in [2.75, 3.05) is 13.1 Å². The van der Waals surface area contributed by atoms with Crippen molar-refractivity contribution < 1.29 is 14.7 Å². The maximum atomic E-state index is 12.1. The third kappa shape index (κ3) is 4.37. The molecule has 2 rings (SSSR count). The van der Waals surface area contributed by atoms with Crippen molar-refractivity contribution in [2.45, 2.75) is 109 Å². The van der Waals surface area contributed by atoms with Crippen molar-refractivity contribution in [1.29, 1.82) is 0 Å². The number of hydrogen-bond acceptors (Lipinski definition) is 5. The van der Waals surface area contributed by atoms with Gasteiger partial charge in [0.05, 0.1) is 6.10 Å². The molecule has 26 heavy (non-hydrogen) atoms. The third-order valence-electron chi connectivity index (χ3n) is 6.23. The lowest BCUT2D eigenvalue weighted by Gasteiger charge is -2.55. The first-order valence-corrected chi connectivity index (χ1v) is 9.84. The van der Waals surface area contributed by atoms with E-state index >= 15 is 0 Å². The molecule has 0 unspecified atom stereocenters. The Kier molecular flexibility index (Phi) is 5.53.